The second-order valence-corrected chi connectivity index (χ2v) is 9.67. The van der Waals surface area contributed by atoms with E-state index in [4.69, 9.17) is 4.74 Å². The molecule has 0 spiro atoms. The number of pyridine rings is 1. The van der Waals surface area contributed by atoms with Crippen LogP contribution in [0.4, 0.5) is 11.4 Å². The van der Waals surface area contributed by atoms with Crippen molar-refractivity contribution in [3.05, 3.63) is 72.5 Å². The molecule has 12 heteroatoms. The van der Waals surface area contributed by atoms with Crippen LogP contribution in [-0.2, 0) is 0 Å². The van der Waals surface area contributed by atoms with E-state index in [0.29, 0.717) is 34.0 Å². The van der Waals surface area contributed by atoms with Crippen LogP contribution < -0.4 is 26.2 Å². The third-order valence-corrected chi connectivity index (χ3v) is 6.92. The van der Waals surface area contributed by atoms with Gasteiger partial charge in [0.25, 0.3) is 17.5 Å². The maximum absolute atomic E-state index is 13.4. The number of aromatic nitrogens is 1. The molecule has 1 aliphatic rings. The Labute approximate surface area is 220 Å². The first kappa shape index (κ1) is 26.1. The highest BCUT2D eigenvalue weighted by molar-refractivity contribution is 9.10. The highest BCUT2D eigenvalue weighted by Crippen LogP contribution is 2.35. The molecule has 0 radical (unpaired) electrons. The first-order valence-electron chi connectivity index (χ1n) is 11.7. The first-order chi connectivity index (χ1) is 17.7. The van der Waals surface area contributed by atoms with Gasteiger partial charge in [0, 0.05) is 47.2 Å². The number of halogens is 1. The van der Waals surface area contributed by atoms with Crippen molar-refractivity contribution in [1.29, 1.82) is 0 Å². The summed E-state index contributed by atoms with van der Waals surface area (Å²) in [4.78, 5) is 52.2. The van der Waals surface area contributed by atoms with Gasteiger partial charge in [0.2, 0.25) is 5.56 Å². The topological polar surface area (TPSA) is 155 Å². The summed E-state index contributed by atoms with van der Waals surface area (Å²) in [6.45, 7) is 0. The molecule has 2 aromatic carbocycles. The van der Waals surface area contributed by atoms with Crippen molar-refractivity contribution in [2.75, 3.05) is 19.5 Å². The number of hydrogen-bond donors (Lipinski definition) is 4. The molecule has 0 bridgehead atoms. The van der Waals surface area contributed by atoms with E-state index in [1.54, 1.807) is 18.2 Å². The smallest absolute Gasteiger partial charge is 0.294 e. The summed E-state index contributed by atoms with van der Waals surface area (Å²) >= 11 is 3.24. The van der Waals surface area contributed by atoms with Crippen molar-refractivity contribution in [2.24, 2.45) is 0 Å². The second kappa shape index (κ2) is 11.0. The van der Waals surface area contributed by atoms with Gasteiger partial charge in [-0.1, -0.05) is 28.8 Å². The number of nitro benzene ring substituents is 1. The summed E-state index contributed by atoms with van der Waals surface area (Å²) in [6, 6.07) is 8.38. The number of anilines is 1. The van der Waals surface area contributed by atoms with Gasteiger partial charge in [-0.25, -0.2) is 0 Å². The molecule has 4 N–H and O–H groups in total. The number of amides is 2. The van der Waals surface area contributed by atoms with Gasteiger partial charge in [-0.15, -0.1) is 0 Å². The zero-order valence-corrected chi connectivity index (χ0v) is 21.8. The van der Waals surface area contributed by atoms with Crippen LogP contribution in [0.5, 0.6) is 5.75 Å². The highest BCUT2D eigenvalue weighted by Gasteiger charge is 2.31. The number of benzene rings is 2. The highest BCUT2D eigenvalue weighted by atomic mass is 79.9. The monoisotopic (exact) mass is 571 g/mol. The third kappa shape index (κ3) is 5.58. The summed E-state index contributed by atoms with van der Waals surface area (Å²) < 4.78 is 5.61. The van der Waals surface area contributed by atoms with E-state index in [9.17, 15) is 24.5 Å². The Kier molecular flexibility index (Phi) is 7.77. The van der Waals surface area contributed by atoms with Crippen LogP contribution in [0.25, 0.3) is 10.9 Å². The SMILES string of the molecule is CNC(=O)c1cc(Br)cc([N+](=O)[O-])c1N[C@@H]1CCCC[C@@H]1NC(=O)c1cc(=O)[nH]c2cc(OC)ccc12. The van der Waals surface area contributed by atoms with Crippen molar-refractivity contribution in [2.45, 2.75) is 37.8 Å². The van der Waals surface area contributed by atoms with Crippen LogP contribution >= 0.6 is 15.9 Å². The number of nitrogens with zero attached hydrogens (tertiary/aromatic N) is 1. The van der Waals surface area contributed by atoms with E-state index in [1.807, 2.05) is 0 Å². The lowest BCUT2D eigenvalue weighted by atomic mass is 9.89. The summed E-state index contributed by atoms with van der Waals surface area (Å²) in [5.41, 5.74) is 0.215. The molecule has 3 aromatic rings. The minimum atomic E-state index is -0.549. The zero-order valence-electron chi connectivity index (χ0n) is 20.2. The fourth-order valence-corrected chi connectivity index (χ4v) is 5.11. The average molecular weight is 572 g/mol. The summed E-state index contributed by atoms with van der Waals surface area (Å²) in [6.07, 6.45) is 2.94. The van der Waals surface area contributed by atoms with E-state index < -0.39 is 28.3 Å². The number of ether oxygens (including phenoxy) is 1. The van der Waals surface area contributed by atoms with Gasteiger partial charge in [-0.3, -0.25) is 24.5 Å². The molecule has 1 heterocycles. The van der Waals surface area contributed by atoms with Crippen molar-refractivity contribution in [3.8, 4) is 5.75 Å². The van der Waals surface area contributed by atoms with E-state index in [1.165, 1.54) is 32.4 Å². The second-order valence-electron chi connectivity index (χ2n) is 8.76. The molecular weight excluding hydrogens is 546 g/mol. The Morgan fingerprint density at radius 3 is 2.49 bits per heavy atom. The standard InChI is InChI=1S/C25H26BrN5O6/c1-27-24(33)17-9-13(26)10-21(31(35)36)23(17)29-18-5-3-4-6-19(18)30-25(34)16-12-22(32)28-20-11-14(37-2)7-8-15(16)20/h7-12,18-19,29H,3-6H2,1-2H3,(H,27,33)(H,28,32)(H,30,34)/t18-,19+/m1/s1. The molecule has 0 unspecified atom stereocenters. The zero-order chi connectivity index (χ0) is 26.7. The number of rotatable bonds is 7. The number of carbonyl (C=O) groups is 2. The van der Waals surface area contributed by atoms with Gasteiger partial charge in [0.1, 0.15) is 11.4 Å². The van der Waals surface area contributed by atoms with E-state index in [-0.39, 0.29) is 28.5 Å². The van der Waals surface area contributed by atoms with Crippen LogP contribution in [0.1, 0.15) is 46.4 Å². The molecule has 11 nitrogen and oxygen atoms in total. The number of H-pyrrole nitrogens is 1. The Morgan fingerprint density at radius 1 is 1.08 bits per heavy atom. The van der Waals surface area contributed by atoms with Crippen LogP contribution in [0.3, 0.4) is 0 Å². The Hall–Kier alpha value is -3.93. The van der Waals surface area contributed by atoms with Crippen LogP contribution in [0.2, 0.25) is 0 Å². The summed E-state index contributed by atoms with van der Waals surface area (Å²) in [5, 5.41) is 21.1. The number of fused-ring (bicyclic) bond motifs is 1. The maximum Gasteiger partial charge on any atom is 0.294 e. The van der Waals surface area contributed by atoms with E-state index >= 15 is 0 Å². The lowest BCUT2D eigenvalue weighted by Crippen LogP contribution is -2.49. The van der Waals surface area contributed by atoms with Crippen molar-refractivity contribution in [3.63, 3.8) is 0 Å². The van der Waals surface area contributed by atoms with Gasteiger partial charge in [0.05, 0.1) is 28.7 Å². The minimum absolute atomic E-state index is 0.0902. The van der Waals surface area contributed by atoms with Crippen molar-refractivity contribution in [1.82, 2.24) is 15.6 Å². The van der Waals surface area contributed by atoms with Gasteiger partial charge in [-0.05, 0) is 31.0 Å². The quantitative estimate of drug-likeness (QED) is 0.248. The number of nitro groups is 1. The van der Waals surface area contributed by atoms with Gasteiger partial charge < -0.3 is 25.7 Å². The van der Waals surface area contributed by atoms with Crippen LogP contribution in [-0.4, -0.2) is 48.0 Å². The van der Waals surface area contributed by atoms with Crippen molar-refractivity contribution >= 4 is 50.0 Å². The summed E-state index contributed by atoms with van der Waals surface area (Å²) in [7, 11) is 2.96. The maximum atomic E-state index is 13.4. The average Bonchev–Trinajstić information content (AvgIpc) is 2.88. The molecule has 0 aliphatic heterocycles. The molecule has 1 aliphatic carbocycles. The van der Waals surface area contributed by atoms with Crippen molar-refractivity contribution < 1.29 is 19.2 Å². The predicted octanol–water partition coefficient (Wildman–Crippen LogP) is 3.72. The van der Waals surface area contributed by atoms with E-state index in [0.717, 1.165) is 12.8 Å². The van der Waals surface area contributed by atoms with Gasteiger partial charge in [0.15, 0.2) is 0 Å². The molecular formula is C25H26BrN5O6. The molecule has 1 fully saturated rings. The van der Waals surface area contributed by atoms with Gasteiger partial charge >= 0.3 is 0 Å². The van der Waals surface area contributed by atoms with Crippen LogP contribution in [0, 0.1) is 10.1 Å². The largest absolute Gasteiger partial charge is 0.497 e. The number of nitrogens with one attached hydrogen (secondary N) is 4. The minimum Gasteiger partial charge on any atom is -0.497 e. The molecule has 194 valence electrons. The molecule has 1 saturated carbocycles. The first-order valence-corrected chi connectivity index (χ1v) is 12.5. The fraction of sp³-hybridized carbons (Fsp3) is 0.320. The number of aromatic amines is 1. The Bertz CT molecular complexity index is 1440. The summed E-state index contributed by atoms with van der Waals surface area (Å²) in [5.74, 6) is -0.370. The fourth-order valence-electron chi connectivity index (χ4n) is 4.66. The van der Waals surface area contributed by atoms with E-state index in [2.05, 4.69) is 36.9 Å². The molecule has 37 heavy (non-hydrogen) atoms. The Morgan fingerprint density at radius 2 is 1.81 bits per heavy atom. The lowest BCUT2D eigenvalue weighted by Gasteiger charge is -2.34. The number of methoxy groups -OCH3 is 1. The lowest BCUT2D eigenvalue weighted by molar-refractivity contribution is -0.384. The van der Waals surface area contributed by atoms with Gasteiger partial charge in [-0.2, -0.15) is 0 Å². The molecule has 2 atom stereocenters. The predicted molar refractivity (Wildman–Crippen MR) is 142 cm³/mol. The normalized spacial score (nSPS) is 17.2. The molecule has 0 saturated heterocycles. The Balaban J connectivity index is 1.66. The molecule has 1 aromatic heterocycles. The molecule has 2 amide bonds. The number of carbonyl (C=O) groups excluding carboxylic acids is 2. The van der Waals surface area contributed by atoms with Crippen LogP contribution in [0.15, 0.2) is 45.7 Å². The number of hydrogen-bond acceptors (Lipinski definition) is 7. The third-order valence-electron chi connectivity index (χ3n) is 6.46. The molecule has 4 rings (SSSR count).